The van der Waals surface area contributed by atoms with Crippen LogP contribution >= 0.6 is 0 Å². The SMILES string of the molecule is Cc1ccc2c(c1)OCC[C@H]2NC=O. The number of ether oxygens (including phenoxy) is 1. The van der Waals surface area contributed by atoms with E-state index in [0.29, 0.717) is 6.61 Å². The summed E-state index contributed by atoms with van der Waals surface area (Å²) < 4.78 is 5.52. The minimum atomic E-state index is 0.108. The highest BCUT2D eigenvalue weighted by Gasteiger charge is 2.20. The highest BCUT2D eigenvalue weighted by atomic mass is 16.5. The summed E-state index contributed by atoms with van der Waals surface area (Å²) in [5.74, 6) is 0.899. The van der Waals surface area contributed by atoms with Gasteiger partial charge in [-0.1, -0.05) is 12.1 Å². The number of carbonyl (C=O) groups is 1. The van der Waals surface area contributed by atoms with E-state index in [1.54, 1.807) is 0 Å². The largest absolute Gasteiger partial charge is 0.493 e. The number of carbonyl (C=O) groups excluding carboxylic acids is 1. The van der Waals surface area contributed by atoms with Crippen molar-refractivity contribution in [2.45, 2.75) is 19.4 Å². The van der Waals surface area contributed by atoms with Crippen LogP contribution in [0, 0.1) is 6.92 Å². The van der Waals surface area contributed by atoms with E-state index in [2.05, 4.69) is 5.32 Å². The van der Waals surface area contributed by atoms with Gasteiger partial charge in [-0.2, -0.15) is 0 Å². The molecule has 0 saturated carbocycles. The Morgan fingerprint density at radius 3 is 3.21 bits per heavy atom. The summed E-state index contributed by atoms with van der Waals surface area (Å²) >= 11 is 0. The van der Waals surface area contributed by atoms with Crippen LogP contribution in [-0.4, -0.2) is 13.0 Å². The summed E-state index contributed by atoms with van der Waals surface area (Å²) in [5, 5.41) is 2.80. The van der Waals surface area contributed by atoms with Crippen molar-refractivity contribution in [3.8, 4) is 5.75 Å². The Labute approximate surface area is 83.1 Å². The molecule has 1 aromatic rings. The van der Waals surface area contributed by atoms with E-state index in [9.17, 15) is 4.79 Å². The quantitative estimate of drug-likeness (QED) is 0.720. The van der Waals surface area contributed by atoms with Crippen LogP contribution in [0.4, 0.5) is 0 Å². The van der Waals surface area contributed by atoms with Crippen molar-refractivity contribution in [1.29, 1.82) is 0 Å². The first kappa shape index (κ1) is 9.06. The minimum absolute atomic E-state index is 0.108. The van der Waals surface area contributed by atoms with Crippen LogP contribution in [0.3, 0.4) is 0 Å². The van der Waals surface area contributed by atoms with Gasteiger partial charge in [0.2, 0.25) is 6.41 Å². The lowest BCUT2D eigenvalue weighted by molar-refractivity contribution is -0.110. The fourth-order valence-electron chi connectivity index (χ4n) is 1.75. The van der Waals surface area contributed by atoms with Gasteiger partial charge in [0, 0.05) is 12.0 Å². The first-order valence-electron chi connectivity index (χ1n) is 4.74. The molecule has 74 valence electrons. The number of hydrogen-bond acceptors (Lipinski definition) is 2. The van der Waals surface area contributed by atoms with Crippen LogP contribution in [0.2, 0.25) is 0 Å². The maximum Gasteiger partial charge on any atom is 0.207 e. The molecule has 0 radical (unpaired) electrons. The fourth-order valence-corrected chi connectivity index (χ4v) is 1.75. The summed E-state index contributed by atoms with van der Waals surface area (Å²) in [4.78, 5) is 10.4. The van der Waals surface area contributed by atoms with Crippen molar-refractivity contribution < 1.29 is 9.53 Å². The molecule has 1 atom stereocenters. The van der Waals surface area contributed by atoms with Crippen molar-refractivity contribution in [3.63, 3.8) is 0 Å². The van der Waals surface area contributed by atoms with Crippen molar-refractivity contribution in [2.24, 2.45) is 0 Å². The zero-order chi connectivity index (χ0) is 9.97. The lowest BCUT2D eigenvalue weighted by atomic mass is 9.99. The summed E-state index contributed by atoms with van der Waals surface area (Å²) in [5.41, 5.74) is 2.25. The van der Waals surface area contributed by atoms with Crippen LogP contribution in [0.5, 0.6) is 5.75 Å². The van der Waals surface area contributed by atoms with E-state index >= 15 is 0 Å². The average molecular weight is 191 g/mol. The first-order valence-corrected chi connectivity index (χ1v) is 4.74. The summed E-state index contributed by atoms with van der Waals surface area (Å²) in [6.45, 7) is 2.70. The number of amides is 1. The zero-order valence-electron chi connectivity index (χ0n) is 8.12. The van der Waals surface area contributed by atoms with Gasteiger partial charge in [-0.25, -0.2) is 0 Å². The molecule has 1 heterocycles. The van der Waals surface area contributed by atoms with Gasteiger partial charge in [-0.15, -0.1) is 0 Å². The Morgan fingerprint density at radius 1 is 1.57 bits per heavy atom. The van der Waals surface area contributed by atoms with Crippen molar-refractivity contribution in [2.75, 3.05) is 6.61 Å². The fraction of sp³-hybridized carbons (Fsp3) is 0.364. The molecule has 0 aliphatic carbocycles. The minimum Gasteiger partial charge on any atom is -0.493 e. The molecule has 2 rings (SSSR count). The van der Waals surface area contributed by atoms with Gasteiger partial charge in [0.1, 0.15) is 5.75 Å². The maximum absolute atomic E-state index is 10.4. The lowest BCUT2D eigenvalue weighted by Crippen LogP contribution is -2.25. The van der Waals surface area contributed by atoms with E-state index in [0.717, 1.165) is 24.1 Å². The smallest absolute Gasteiger partial charge is 0.207 e. The van der Waals surface area contributed by atoms with Crippen LogP contribution in [-0.2, 0) is 4.79 Å². The van der Waals surface area contributed by atoms with Gasteiger partial charge in [-0.3, -0.25) is 4.79 Å². The third-order valence-corrected chi connectivity index (χ3v) is 2.48. The Morgan fingerprint density at radius 2 is 2.43 bits per heavy atom. The standard InChI is InChI=1S/C11H13NO2/c1-8-2-3-9-10(12-7-13)4-5-14-11(9)6-8/h2-3,6-7,10H,4-5H2,1H3,(H,12,13)/t10-/m1/s1. The molecule has 1 aliphatic heterocycles. The molecule has 1 N–H and O–H groups in total. The Bertz CT molecular complexity index is 349. The molecule has 0 aromatic heterocycles. The van der Waals surface area contributed by atoms with Gasteiger partial charge >= 0.3 is 0 Å². The molecule has 0 fully saturated rings. The number of aryl methyl sites for hydroxylation is 1. The summed E-state index contributed by atoms with van der Waals surface area (Å²) in [6, 6.07) is 6.17. The molecule has 1 aliphatic rings. The molecule has 14 heavy (non-hydrogen) atoms. The molecular weight excluding hydrogens is 178 g/mol. The monoisotopic (exact) mass is 191 g/mol. The average Bonchev–Trinajstić information content (AvgIpc) is 2.18. The number of hydrogen-bond donors (Lipinski definition) is 1. The number of rotatable bonds is 2. The Hall–Kier alpha value is -1.51. The van der Waals surface area contributed by atoms with Crippen LogP contribution < -0.4 is 10.1 Å². The van der Waals surface area contributed by atoms with Crippen molar-refractivity contribution in [1.82, 2.24) is 5.32 Å². The van der Waals surface area contributed by atoms with Crippen molar-refractivity contribution in [3.05, 3.63) is 29.3 Å². The molecule has 1 aromatic carbocycles. The predicted molar refractivity (Wildman–Crippen MR) is 53.2 cm³/mol. The third-order valence-electron chi connectivity index (χ3n) is 2.48. The second-order valence-corrected chi connectivity index (χ2v) is 3.52. The van der Waals surface area contributed by atoms with Gasteiger partial charge < -0.3 is 10.1 Å². The topological polar surface area (TPSA) is 38.3 Å². The highest BCUT2D eigenvalue weighted by Crippen LogP contribution is 2.32. The van der Waals surface area contributed by atoms with Crippen molar-refractivity contribution >= 4 is 6.41 Å². The summed E-state index contributed by atoms with van der Waals surface area (Å²) in [6.07, 6.45) is 1.59. The van der Waals surface area contributed by atoms with E-state index in [1.807, 2.05) is 25.1 Å². The predicted octanol–water partition coefficient (Wildman–Crippen LogP) is 1.56. The number of benzene rings is 1. The van der Waals surface area contributed by atoms with Crippen LogP contribution in [0.15, 0.2) is 18.2 Å². The van der Waals surface area contributed by atoms with Gasteiger partial charge in [0.25, 0.3) is 0 Å². The zero-order valence-corrected chi connectivity index (χ0v) is 8.12. The van der Waals surface area contributed by atoms with E-state index < -0.39 is 0 Å². The van der Waals surface area contributed by atoms with E-state index in [1.165, 1.54) is 5.56 Å². The Balaban J connectivity index is 2.34. The normalized spacial score (nSPS) is 19.4. The molecule has 3 heteroatoms. The van der Waals surface area contributed by atoms with Gasteiger partial charge in [-0.05, 0) is 18.6 Å². The third kappa shape index (κ3) is 1.58. The molecule has 0 saturated heterocycles. The van der Waals surface area contributed by atoms with Gasteiger partial charge in [0.05, 0.1) is 12.6 Å². The molecular formula is C11H13NO2. The van der Waals surface area contributed by atoms with Gasteiger partial charge in [0.15, 0.2) is 0 Å². The summed E-state index contributed by atoms with van der Waals surface area (Å²) in [7, 11) is 0. The van der Waals surface area contributed by atoms with Crippen LogP contribution in [0.1, 0.15) is 23.6 Å². The highest BCUT2D eigenvalue weighted by molar-refractivity contribution is 5.50. The molecule has 1 amide bonds. The molecule has 0 bridgehead atoms. The second-order valence-electron chi connectivity index (χ2n) is 3.52. The van der Waals surface area contributed by atoms with E-state index in [-0.39, 0.29) is 6.04 Å². The molecule has 0 spiro atoms. The number of nitrogens with one attached hydrogen (secondary N) is 1. The maximum atomic E-state index is 10.4. The first-order chi connectivity index (χ1) is 6.81. The molecule has 3 nitrogen and oxygen atoms in total. The van der Waals surface area contributed by atoms with Crippen LogP contribution in [0.25, 0.3) is 0 Å². The Kier molecular flexibility index (Phi) is 2.39. The lowest BCUT2D eigenvalue weighted by Gasteiger charge is -2.25. The molecule has 0 unspecified atom stereocenters. The van der Waals surface area contributed by atoms with E-state index in [4.69, 9.17) is 4.74 Å². The second kappa shape index (κ2) is 3.70. The number of fused-ring (bicyclic) bond motifs is 1.